The number of benzene rings is 1. The van der Waals surface area contributed by atoms with E-state index in [0.29, 0.717) is 0 Å². The van der Waals surface area contributed by atoms with Crippen LogP contribution in [0.4, 0.5) is 0 Å². The first kappa shape index (κ1) is 30.8. The van der Waals surface area contributed by atoms with Crippen molar-refractivity contribution in [1.82, 2.24) is 20.9 Å². The molecule has 212 valence electrons. The molecule has 0 aliphatic carbocycles. The number of nitrogens with one attached hydrogen (secondary N) is 4. The van der Waals surface area contributed by atoms with Crippen molar-refractivity contribution in [1.29, 1.82) is 0 Å². The van der Waals surface area contributed by atoms with Gasteiger partial charge in [0.05, 0.1) is 12.5 Å². The first-order valence-electron chi connectivity index (χ1n) is 12.2. The Morgan fingerprint density at radius 2 is 1.54 bits per heavy atom. The Hall–Kier alpha value is -4.46. The maximum absolute atomic E-state index is 13.0. The SMILES string of the molecule is CC(C)C(NC(=O)C(CC(N)=O)NC(=O)C(CCC(=O)O)NC(=O)C(N)Cc1c[nH]c2ccccc12)C(=O)O. The molecule has 0 radical (unpaired) electrons. The number of nitrogens with two attached hydrogens (primary N) is 2. The van der Waals surface area contributed by atoms with Gasteiger partial charge in [-0.15, -0.1) is 0 Å². The van der Waals surface area contributed by atoms with Crippen LogP contribution in [-0.4, -0.2) is 74.9 Å². The minimum atomic E-state index is -1.57. The number of aromatic nitrogens is 1. The number of carbonyl (C=O) groups is 6. The number of hydrogen-bond acceptors (Lipinski definition) is 7. The van der Waals surface area contributed by atoms with Gasteiger partial charge >= 0.3 is 11.9 Å². The van der Waals surface area contributed by atoms with Gasteiger partial charge in [-0.3, -0.25) is 24.0 Å². The summed E-state index contributed by atoms with van der Waals surface area (Å²) in [6.07, 6.45) is 0.308. The highest BCUT2D eigenvalue weighted by Crippen LogP contribution is 2.19. The van der Waals surface area contributed by atoms with E-state index in [4.69, 9.17) is 16.6 Å². The molecular formula is C25H34N6O8. The van der Waals surface area contributed by atoms with Gasteiger partial charge in [0.2, 0.25) is 23.6 Å². The lowest BCUT2D eigenvalue weighted by Crippen LogP contribution is -2.58. The molecule has 0 saturated carbocycles. The molecule has 0 fully saturated rings. The summed E-state index contributed by atoms with van der Waals surface area (Å²) in [6, 6.07) is 1.98. The highest BCUT2D eigenvalue weighted by Gasteiger charge is 2.32. The van der Waals surface area contributed by atoms with Crippen LogP contribution in [0.1, 0.15) is 38.7 Å². The number of carboxylic acids is 2. The monoisotopic (exact) mass is 546 g/mol. The highest BCUT2D eigenvalue weighted by molar-refractivity contribution is 5.96. The quantitative estimate of drug-likeness (QED) is 0.136. The van der Waals surface area contributed by atoms with Crippen molar-refractivity contribution in [3.05, 3.63) is 36.0 Å². The van der Waals surface area contributed by atoms with Crippen molar-refractivity contribution in [3.63, 3.8) is 0 Å². The van der Waals surface area contributed by atoms with E-state index in [0.717, 1.165) is 16.5 Å². The van der Waals surface area contributed by atoms with E-state index in [-0.39, 0.29) is 12.8 Å². The first-order chi connectivity index (χ1) is 18.3. The lowest BCUT2D eigenvalue weighted by molar-refractivity contribution is -0.143. The normalized spacial score (nSPS) is 14.2. The van der Waals surface area contributed by atoms with Crippen LogP contribution in [0.5, 0.6) is 0 Å². The second kappa shape index (κ2) is 13.9. The summed E-state index contributed by atoms with van der Waals surface area (Å²) < 4.78 is 0. The summed E-state index contributed by atoms with van der Waals surface area (Å²) in [5.74, 6) is -6.73. The molecule has 4 atom stereocenters. The minimum Gasteiger partial charge on any atom is -0.481 e. The summed E-state index contributed by atoms with van der Waals surface area (Å²) in [7, 11) is 0. The molecule has 0 spiro atoms. The Morgan fingerprint density at radius 1 is 0.923 bits per heavy atom. The number of fused-ring (bicyclic) bond motifs is 1. The van der Waals surface area contributed by atoms with Crippen molar-refractivity contribution >= 4 is 46.5 Å². The molecule has 0 bridgehead atoms. The molecule has 2 aromatic rings. The number of rotatable bonds is 15. The summed E-state index contributed by atoms with van der Waals surface area (Å²) in [5.41, 5.74) is 12.9. The van der Waals surface area contributed by atoms with Gasteiger partial charge in [-0.1, -0.05) is 32.0 Å². The van der Waals surface area contributed by atoms with E-state index in [1.165, 1.54) is 0 Å². The van der Waals surface area contributed by atoms with Gasteiger partial charge in [0.25, 0.3) is 0 Å². The molecule has 39 heavy (non-hydrogen) atoms. The van der Waals surface area contributed by atoms with Gasteiger partial charge < -0.3 is 42.6 Å². The molecule has 1 aromatic carbocycles. The van der Waals surface area contributed by atoms with Crippen LogP contribution in [0.2, 0.25) is 0 Å². The Labute approximate surface area is 223 Å². The molecule has 10 N–H and O–H groups in total. The predicted octanol–water partition coefficient (Wildman–Crippen LogP) is -1.03. The van der Waals surface area contributed by atoms with E-state index in [2.05, 4.69) is 20.9 Å². The zero-order valence-electron chi connectivity index (χ0n) is 21.6. The van der Waals surface area contributed by atoms with Crippen LogP contribution in [0.25, 0.3) is 10.9 Å². The molecule has 4 unspecified atom stereocenters. The number of H-pyrrole nitrogens is 1. The zero-order chi connectivity index (χ0) is 29.3. The van der Waals surface area contributed by atoms with Crippen molar-refractivity contribution in [2.24, 2.45) is 17.4 Å². The number of primary amides is 1. The number of aromatic amines is 1. The summed E-state index contributed by atoms with van der Waals surface area (Å²) in [5, 5.41) is 26.2. The number of aliphatic carboxylic acids is 2. The molecule has 0 saturated heterocycles. The third-order valence-electron chi connectivity index (χ3n) is 6.00. The average molecular weight is 547 g/mol. The number of amides is 4. The Balaban J connectivity index is 2.16. The number of hydrogen-bond donors (Lipinski definition) is 8. The molecule has 1 heterocycles. The molecule has 4 amide bonds. The maximum atomic E-state index is 13.0. The van der Waals surface area contributed by atoms with E-state index in [9.17, 15) is 33.9 Å². The largest absolute Gasteiger partial charge is 0.481 e. The summed E-state index contributed by atoms with van der Waals surface area (Å²) in [4.78, 5) is 75.9. The van der Waals surface area contributed by atoms with Crippen LogP contribution in [-0.2, 0) is 35.2 Å². The van der Waals surface area contributed by atoms with E-state index in [1.54, 1.807) is 20.0 Å². The number of carbonyl (C=O) groups excluding carboxylic acids is 4. The lowest BCUT2D eigenvalue weighted by atomic mass is 10.0. The topological polar surface area (TPSA) is 247 Å². The lowest BCUT2D eigenvalue weighted by Gasteiger charge is -2.25. The van der Waals surface area contributed by atoms with E-state index < -0.39 is 78.5 Å². The molecular weight excluding hydrogens is 512 g/mol. The second-order valence-corrected chi connectivity index (χ2v) is 9.46. The molecule has 0 aliphatic heterocycles. The van der Waals surface area contributed by atoms with Crippen molar-refractivity contribution in [3.8, 4) is 0 Å². The predicted molar refractivity (Wildman–Crippen MR) is 139 cm³/mol. The average Bonchev–Trinajstić information content (AvgIpc) is 3.26. The van der Waals surface area contributed by atoms with Crippen LogP contribution in [0.3, 0.4) is 0 Å². The van der Waals surface area contributed by atoms with Gasteiger partial charge in [-0.05, 0) is 30.4 Å². The fourth-order valence-electron chi connectivity index (χ4n) is 3.90. The zero-order valence-corrected chi connectivity index (χ0v) is 21.6. The Morgan fingerprint density at radius 3 is 2.13 bits per heavy atom. The van der Waals surface area contributed by atoms with Crippen LogP contribution < -0.4 is 27.4 Å². The smallest absolute Gasteiger partial charge is 0.326 e. The standard InChI is InChI=1S/C25H34N6O8/c1-12(2)21(25(38)39)31-24(37)18(10-19(27)32)30-23(36)17(7-8-20(33)34)29-22(35)15(26)9-13-11-28-16-6-4-3-5-14(13)16/h3-6,11-12,15,17-18,21,28H,7-10,26H2,1-2H3,(H2,27,32)(H,29,35)(H,30,36)(H,31,37)(H,33,34)(H,38,39). The highest BCUT2D eigenvalue weighted by atomic mass is 16.4. The number of para-hydroxylation sites is 1. The minimum absolute atomic E-state index is 0.113. The van der Waals surface area contributed by atoms with Crippen molar-refractivity contribution in [2.45, 2.75) is 63.7 Å². The Bertz CT molecular complexity index is 1230. The second-order valence-electron chi connectivity index (χ2n) is 9.46. The van der Waals surface area contributed by atoms with Crippen molar-refractivity contribution in [2.75, 3.05) is 0 Å². The summed E-state index contributed by atoms with van der Waals surface area (Å²) in [6.45, 7) is 3.11. The molecule has 14 heteroatoms. The molecule has 0 aliphatic rings. The fraction of sp³-hybridized carbons (Fsp3) is 0.440. The van der Waals surface area contributed by atoms with Gasteiger partial charge in [0.15, 0.2) is 0 Å². The Kier molecular flexibility index (Phi) is 11.0. The third kappa shape index (κ3) is 9.10. The van der Waals surface area contributed by atoms with Gasteiger partial charge in [0, 0.05) is 23.5 Å². The van der Waals surface area contributed by atoms with Gasteiger partial charge in [0.1, 0.15) is 18.1 Å². The third-order valence-corrected chi connectivity index (χ3v) is 6.00. The van der Waals surface area contributed by atoms with Crippen LogP contribution >= 0.6 is 0 Å². The van der Waals surface area contributed by atoms with Gasteiger partial charge in [-0.2, -0.15) is 0 Å². The fourth-order valence-corrected chi connectivity index (χ4v) is 3.90. The molecule has 2 rings (SSSR count). The van der Waals surface area contributed by atoms with Crippen molar-refractivity contribution < 1.29 is 39.0 Å². The van der Waals surface area contributed by atoms with E-state index >= 15 is 0 Å². The maximum Gasteiger partial charge on any atom is 0.326 e. The first-order valence-corrected chi connectivity index (χ1v) is 12.2. The molecule has 14 nitrogen and oxygen atoms in total. The summed E-state index contributed by atoms with van der Waals surface area (Å²) >= 11 is 0. The van der Waals surface area contributed by atoms with E-state index in [1.807, 2.05) is 24.3 Å². The molecule has 1 aromatic heterocycles. The van der Waals surface area contributed by atoms with Crippen LogP contribution in [0.15, 0.2) is 30.5 Å². The number of carboxylic acid groups (broad SMARTS) is 2. The van der Waals surface area contributed by atoms with Crippen LogP contribution in [0, 0.1) is 5.92 Å². The van der Waals surface area contributed by atoms with Gasteiger partial charge in [-0.25, -0.2) is 4.79 Å².